The van der Waals surface area contributed by atoms with Gasteiger partial charge in [0.25, 0.3) is 10.0 Å². The Hall–Kier alpha value is -1.40. The summed E-state index contributed by atoms with van der Waals surface area (Å²) in [7, 11) is -3.82. The Morgan fingerprint density at radius 1 is 1.32 bits per heavy atom. The molecule has 1 fully saturated rings. The van der Waals surface area contributed by atoms with E-state index in [1.54, 1.807) is 19.1 Å². The van der Waals surface area contributed by atoms with Crippen LogP contribution in [0.1, 0.15) is 25.3 Å². The Labute approximate surface area is 113 Å². The van der Waals surface area contributed by atoms with Crippen molar-refractivity contribution in [3.05, 3.63) is 29.8 Å². The van der Waals surface area contributed by atoms with Gasteiger partial charge >= 0.3 is 0 Å². The molecule has 0 bridgehead atoms. The van der Waals surface area contributed by atoms with Crippen molar-refractivity contribution in [1.82, 2.24) is 4.31 Å². The normalized spacial score (nSPS) is 20.0. The van der Waals surface area contributed by atoms with Crippen molar-refractivity contribution in [3.63, 3.8) is 0 Å². The van der Waals surface area contributed by atoms with Crippen LogP contribution in [0.3, 0.4) is 0 Å². The van der Waals surface area contributed by atoms with E-state index in [0.717, 1.165) is 9.87 Å². The van der Waals surface area contributed by atoms with Crippen molar-refractivity contribution in [3.8, 4) is 0 Å². The van der Waals surface area contributed by atoms with E-state index in [1.807, 2.05) is 6.92 Å². The van der Waals surface area contributed by atoms with Crippen LogP contribution in [-0.2, 0) is 19.6 Å². The number of benzene rings is 1. The van der Waals surface area contributed by atoms with Crippen LogP contribution in [0.4, 0.5) is 0 Å². The van der Waals surface area contributed by atoms with Gasteiger partial charge in [0.15, 0.2) is 0 Å². The van der Waals surface area contributed by atoms with Crippen LogP contribution in [0.2, 0.25) is 0 Å². The number of carbonyl (C=O) groups is 1. The van der Waals surface area contributed by atoms with E-state index in [-0.39, 0.29) is 11.3 Å². The monoisotopic (exact) mass is 283 g/mol. The number of nitrogens with zero attached hydrogens (tertiary/aromatic N) is 1. The van der Waals surface area contributed by atoms with Gasteiger partial charge in [0.1, 0.15) is 6.23 Å². The van der Waals surface area contributed by atoms with Gasteiger partial charge in [-0.25, -0.2) is 12.7 Å². The second-order valence-electron chi connectivity index (χ2n) is 4.46. The molecule has 2 rings (SSSR count). The number of aryl methyl sites for hydroxylation is 1. The molecule has 0 radical (unpaired) electrons. The van der Waals surface area contributed by atoms with Gasteiger partial charge in [0, 0.05) is 19.4 Å². The van der Waals surface area contributed by atoms with Gasteiger partial charge in [0.05, 0.1) is 4.90 Å². The highest BCUT2D eigenvalue weighted by molar-refractivity contribution is 7.89. The van der Waals surface area contributed by atoms with Gasteiger partial charge in [-0.1, -0.05) is 17.7 Å². The summed E-state index contributed by atoms with van der Waals surface area (Å²) < 4.78 is 31.2. The highest BCUT2D eigenvalue weighted by Gasteiger charge is 2.40. The number of sulfonamides is 1. The molecular weight excluding hydrogens is 266 g/mol. The molecule has 0 aliphatic carbocycles. The lowest BCUT2D eigenvalue weighted by Gasteiger charge is -2.23. The summed E-state index contributed by atoms with van der Waals surface area (Å²) in [4.78, 5) is 11.9. The quantitative estimate of drug-likeness (QED) is 0.843. The molecule has 1 aromatic carbocycles. The number of carbonyl (C=O) groups excluding carboxylic acids is 1. The predicted molar refractivity (Wildman–Crippen MR) is 69.9 cm³/mol. The maximum Gasteiger partial charge on any atom is 0.268 e. The third-order valence-electron chi connectivity index (χ3n) is 3.05. The summed E-state index contributed by atoms with van der Waals surface area (Å²) in [5.74, 6) is -0.404. The maximum atomic E-state index is 12.5. The van der Waals surface area contributed by atoms with Gasteiger partial charge in [-0.15, -0.1) is 0 Å². The van der Waals surface area contributed by atoms with E-state index < -0.39 is 22.2 Å². The maximum absolute atomic E-state index is 12.5. The highest BCUT2D eigenvalue weighted by atomic mass is 32.2. The molecular formula is C13H17NO4S. The summed E-state index contributed by atoms with van der Waals surface area (Å²) in [5.41, 5.74) is 0.966. The Kier molecular flexibility index (Phi) is 3.91. The van der Waals surface area contributed by atoms with Crippen molar-refractivity contribution < 1.29 is 17.9 Å². The molecule has 6 heteroatoms. The van der Waals surface area contributed by atoms with Crippen LogP contribution < -0.4 is 0 Å². The first-order valence-electron chi connectivity index (χ1n) is 6.22. The number of rotatable bonds is 4. The summed E-state index contributed by atoms with van der Waals surface area (Å²) in [5, 5.41) is 0. The van der Waals surface area contributed by atoms with E-state index >= 15 is 0 Å². The van der Waals surface area contributed by atoms with Crippen LogP contribution in [0, 0.1) is 6.92 Å². The van der Waals surface area contributed by atoms with E-state index in [0.29, 0.717) is 13.0 Å². The minimum Gasteiger partial charge on any atom is -0.357 e. The third-order valence-corrected chi connectivity index (χ3v) is 4.87. The second kappa shape index (κ2) is 5.30. The van der Waals surface area contributed by atoms with Gasteiger partial charge in [-0.2, -0.15) is 0 Å². The SMILES string of the molecule is CCOC1CCC(=O)N1S(=O)(=O)c1ccc(C)cc1. The average molecular weight is 283 g/mol. The van der Waals surface area contributed by atoms with Crippen LogP contribution in [-0.4, -0.2) is 31.5 Å². The summed E-state index contributed by atoms with van der Waals surface area (Å²) in [6.07, 6.45) is -0.0585. The van der Waals surface area contributed by atoms with Gasteiger partial charge in [-0.3, -0.25) is 4.79 Å². The second-order valence-corrected chi connectivity index (χ2v) is 6.27. The zero-order chi connectivity index (χ0) is 14.0. The molecule has 104 valence electrons. The standard InChI is InChI=1S/C13H17NO4S/c1-3-18-13-9-8-12(15)14(13)19(16,17)11-6-4-10(2)5-7-11/h4-7,13H,3,8-9H2,1-2H3. The fraction of sp³-hybridized carbons (Fsp3) is 0.462. The minimum atomic E-state index is -3.82. The number of amides is 1. The van der Waals surface area contributed by atoms with Gasteiger partial charge in [0.2, 0.25) is 5.91 Å². The lowest BCUT2D eigenvalue weighted by Crippen LogP contribution is -2.40. The van der Waals surface area contributed by atoms with Crippen LogP contribution in [0.15, 0.2) is 29.2 Å². The molecule has 0 spiro atoms. The first kappa shape index (κ1) is 14.0. The Bertz CT molecular complexity index is 565. The lowest BCUT2D eigenvalue weighted by molar-refractivity contribution is -0.128. The minimum absolute atomic E-state index is 0.123. The molecule has 19 heavy (non-hydrogen) atoms. The molecule has 1 unspecified atom stereocenters. The summed E-state index contributed by atoms with van der Waals surface area (Å²) in [6.45, 7) is 4.03. The predicted octanol–water partition coefficient (Wildman–Crippen LogP) is 1.67. The van der Waals surface area contributed by atoms with Crippen LogP contribution in [0.5, 0.6) is 0 Å². The highest BCUT2D eigenvalue weighted by Crippen LogP contribution is 2.27. The van der Waals surface area contributed by atoms with E-state index in [4.69, 9.17) is 4.74 Å². The smallest absolute Gasteiger partial charge is 0.268 e. The molecule has 1 aliphatic rings. The summed E-state index contributed by atoms with van der Waals surface area (Å²) in [6, 6.07) is 6.45. The third kappa shape index (κ3) is 2.64. The van der Waals surface area contributed by atoms with E-state index in [9.17, 15) is 13.2 Å². The average Bonchev–Trinajstić information content (AvgIpc) is 2.72. The first-order valence-corrected chi connectivity index (χ1v) is 7.66. The van der Waals surface area contributed by atoms with Crippen molar-refractivity contribution in [2.24, 2.45) is 0 Å². The Balaban J connectivity index is 2.37. The van der Waals surface area contributed by atoms with E-state index in [2.05, 4.69) is 0 Å². The molecule has 1 atom stereocenters. The van der Waals surface area contributed by atoms with Crippen LogP contribution >= 0.6 is 0 Å². The number of hydrogen-bond donors (Lipinski definition) is 0. The molecule has 0 N–H and O–H groups in total. The Morgan fingerprint density at radius 2 is 1.95 bits per heavy atom. The van der Waals surface area contributed by atoms with Gasteiger partial charge < -0.3 is 4.74 Å². The first-order chi connectivity index (χ1) is 8.96. The van der Waals surface area contributed by atoms with Crippen molar-refractivity contribution in [1.29, 1.82) is 0 Å². The molecule has 1 aliphatic heterocycles. The van der Waals surface area contributed by atoms with Gasteiger partial charge in [-0.05, 0) is 26.0 Å². The summed E-state index contributed by atoms with van der Waals surface area (Å²) >= 11 is 0. The molecule has 1 aromatic rings. The Morgan fingerprint density at radius 3 is 2.53 bits per heavy atom. The molecule has 0 saturated carbocycles. The van der Waals surface area contributed by atoms with E-state index in [1.165, 1.54) is 12.1 Å². The number of ether oxygens (including phenoxy) is 1. The van der Waals surface area contributed by atoms with Crippen molar-refractivity contribution >= 4 is 15.9 Å². The largest absolute Gasteiger partial charge is 0.357 e. The zero-order valence-electron chi connectivity index (χ0n) is 11.0. The molecule has 1 heterocycles. The zero-order valence-corrected chi connectivity index (χ0v) is 11.8. The molecule has 1 amide bonds. The fourth-order valence-corrected chi connectivity index (χ4v) is 3.63. The molecule has 0 aromatic heterocycles. The topological polar surface area (TPSA) is 63.7 Å². The lowest BCUT2D eigenvalue weighted by atomic mass is 10.2. The fourth-order valence-electron chi connectivity index (χ4n) is 2.09. The van der Waals surface area contributed by atoms with Crippen molar-refractivity contribution in [2.45, 2.75) is 37.8 Å². The molecule has 1 saturated heterocycles. The van der Waals surface area contributed by atoms with Crippen molar-refractivity contribution in [2.75, 3.05) is 6.61 Å². The molecule has 5 nitrogen and oxygen atoms in total. The van der Waals surface area contributed by atoms with Crippen LogP contribution in [0.25, 0.3) is 0 Å². The number of hydrogen-bond acceptors (Lipinski definition) is 4.